The number of halogens is 1. The summed E-state index contributed by atoms with van der Waals surface area (Å²) in [6.45, 7) is 1.82. The summed E-state index contributed by atoms with van der Waals surface area (Å²) in [7, 11) is -3.40. The first kappa shape index (κ1) is 11.8. The van der Waals surface area contributed by atoms with Crippen LogP contribution in [0.15, 0.2) is 0 Å². The third kappa shape index (κ3) is 7.94. The molecule has 12 heavy (non-hydrogen) atoms. The van der Waals surface area contributed by atoms with Crippen LogP contribution in [0.2, 0.25) is 0 Å². The molecule has 3 nitrogen and oxygen atoms in total. The number of hydrogen-bond donors (Lipinski definition) is 0. The molecule has 0 amide bonds. The van der Waals surface area contributed by atoms with E-state index in [1.807, 2.05) is 6.92 Å². The van der Waals surface area contributed by atoms with Gasteiger partial charge < -0.3 is 0 Å². The summed E-state index contributed by atoms with van der Waals surface area (Å²) in [6, 6.07) is 0. The van der Waals surface area contributed by atoms with E-state index in [1.165, 1.54) is 0 Å². The Bertz CT molecular complexity index is 201. The smallest absolute Gasteiger partial charge is 0.264 e. The van der Waals surface area contributed by atoms with Crippen LogP contribution in [-0.2, 0) is 14.3 Å². The van der Waals surface area contributed by atoms with Crippen LogP contribution in [0.4, 0.5) is 4.39 Å². The SMILES string of the molecule is CCC[C@@H](F)CCOS(C)(=O)=O. The molecule has 0 saturated carbocycles. The average Bonchev–Trinajstić information content (AvgIpc) is 1.84. The lowest BCUT2D eigenvalue weighted by molar-refractivity contribution is 0.230. The van der Waals surface area contributed by atoms with Crippen LogP contribution in [0.3, 0.4) is 0 Å². The zero-order valence-electron chi connectivity index (χ0n) is 7.42. The normalized spacial score (nSPS) is 14.6. The van der Waals surface area contributed by atoms with E-state index in [2.05, 4.69) is 4.18 Å². The molecule has 0 aliphatic rings. The monoisotopic (exact) mass is 198 g/mol. The molecule has 0 heterocycles. The van der Waals surface area contributed by atoms with Crippen molar-refractivity contribution >= 4 is 10.1 Å². The molecule has 0 bridgehead atoms. The van der Waals surface area contributed by atoms with Gasteiger partial charge in [-0.15, -0.1) is 0 Å². The summed E-state index contributed by atoms with van der Waals surface area (Å²) in [4.78, 5) is 0. The summed E-state index contributed by atoms with van der Waals surface area (Å²) in [5.41, 5.74) is 0. The van der Waals surface area contributed by atoms with Crippen LogP contribution < -0.4 is 0 Å². The molecule has 0 radical (unpaired) electrons. The second kappa shape index (κ2) is 5.48. The van der Waals surface area contributed by atoms with Gasteiger partial charge in [0.1, 0.15) is 6.17 Å². The third-order valence-corrected chi connectivity index (χ3v) is 1.93. The molecule has 5 heteroatoms. The highest BCUT2D eigenvalue weighted by molar-refractivity contribution is 7.85. The maximum atomic E-state index is 12.7. The van der Waals surface area contributed by atoms with E-state index in [1.54, 1.807) is 0 Å². The Kier molecular flexibility index (Phi) is 5.41. The fraction of sp³-hybridized carbons (Fsp3) is 1.00. The largest absolute Gasteiger partial charge is 0.270 e. The van der Waals surface area contributed by atoms with Gasteiger partial charge in [-0.05, 0) is 6.42 Å². The quantitative estimate of drug-likeness (QED) is 0.607. The summed E-state index contributed by atoms with van der Waals surface area (Å²) < 4.78 is 37.9. The molecule has 0 aromatic rings. The molecule has 0 spiro atoms. The van der Waals surface area contributed by atoms with Crippen molar-refractivity contribution in [3.05, 3.63) is 0 Å². The fourth-order valence-electron chi connectivity index (χ4n) is 0.785. The van der Waals surface area contributed by atoms with Crippen molar-refractivity contribution in [2.75, 3.05) is 12.9 Å². The van der Waals surface area contributed by atoms with Crippen LogP contribution in [0.5, 0.6) is 0 Å². The number of hydrogen-bond acceptors (Lipinski definition) is 3. The van der Waals surface area contributed by atoms with Crippen LogP contribution in [0.1, 0.15) is 26.2 Å². The Morgan fingerprint density at radius 2 is 2.00 bits per heavy atom. The number of rotatable bonds is 6. The van der Waals surface area contributed by atoms with Crippen molar-refractivity contribution < 1.29 is 17.0 Å². The first-order chi connectivity index (χ1) is 5.45. The van der Waals surface area contributed by atoms with E-state index in [9.17, 15) is 12.8 Å². The molecular weight excluding hydrogens is 183 g/mol. The minimum atomic E-state index is -3.40. The summed E-state index contributed by atoms with van der Waals surface area (Å²) in [5.74, 6) is 0. The second-order valence-corrected chi connectivity index (χ2v) is 4.34. The van der Waals surface area contributed by atoms with Crippen LogP contribution in [0.25, 0.3) is 0 Å². The molecule has 0 fully saturated rings. The topological polar surface area (TPSA) is 43.4 Å². The van der Waals surface area contributed by atoms with Gasteiger partial charge in [0.2, 0.25) is 0 Å². The fourth-order valence-corrected chi connectivity index (χ4v) is 1.18. The van der Waals surface area contributed by atoms with Gasteiger partial charge in [0.15, 0.2) is 0 Å². The lowest BCUT2D eigenvalue weighted by Gasteiger charge is -2.05. The Hall–Kier alpha value is -0.160. The second-order valence-electron chi connectivity index (χ2n) is 2.70. The van der Waals surface area contributed by atoms with Gasteiger partial charge in [-0.1, -0.05) is 13.3 Å². The lowest BCUT2D eigenvalue weighted by atomic mass is 10.2. The zero-order valence-corrected chi connectivity index (χ0v) is 8.23. The molecule has 0 aromatic carbocycles. The van der Waals surface area contributed by atoms with E-state index in [0.29, 0.717) is 6.42 Å². The number of alkyl halides is 1. The first-order valence-electron chi connectivity index (χ1n) is 3.94. The highest BCUT2D eigenvalue weighted by atomic mass is 32.2. The van der Waals surface area contributed by atoms with E-state index < -0.39 is 16.3 Å². The molecule has 0 unspecified atom stereocenters. The maximum Gasteiger partial charge on any atom is 0.264 e. The standard InChI is InChI=1S/C7H15FO3S/c1-3-4-7(8)5-6-11-12(2,9)10/h7H,3-6H2,1-2H3/t7-/m1/s1. The minimum absolute atomic E-state index is 0.0556. The highest BCUT2D eigenvalue weighted by Crippen LogP contribution is 2.06. The zero-order chi connectivity index (χ0) is 9.61. The Balaban J connectivity index is 3.44. The first-order valence-corrected chi connectivity index (χ1v) is 5.76. The van der Waals surface area contributed by atoms with E-state index in [-0.39, 0.29) is 13.0 Å². The van der Waals surface area contributed by atoms with Crippen molar-refractivity contribution in [3.63, 3.8) is 0 Å². The van der Waals surface area contributed by atoms with Crippen molar-refractivity contribution in [1.29, 1.82) is 0 Å². The van der Waals surface area contributed by atoms with Gasteiger partial charge in [-0.25, -0.2) is 4.39 Å². The van der Waals surface area contributed by atoms with Crippen molar-refractivity contribution in [1.82, 2.24) is 0 Å². The van der Waals surface area contributed by atoms with Gasteiger partial charge in [0.05, 0.1) is 12.9 Å². The van der Waals surface area contributed by atoms with Crippen molar-refractivity contribution in [3.8, 4) is 0 Å². The molecule has 0 aliphatic heterocycles. The molecular formula is C7H15FO3S. The van der Waals surface area contributed by atoms with Crippen molar-refractivity contribution in [2.24, 2.45) is 0 Å². The Morgan fingerprint density at radius 3 is 2.42 bits per heavy atom. The summed E-state index contributed by atoms with van der Waals surface area (Å²) in [5, 5.41) is 0. The van der Waals surface area contributed by atoms with Gasteiger partial charge >= 0.3 is 0 Å². The Labute approximate surface area is 73.0 Å². The van der Waals surface area contributed by atoms with E-state index in [4.69, 9.17) is 0 Å². The van der Waals surface area contributed by atoms with Crippen LogP contribution in [0, 0.1) is 0 Å². The van der Waals surface area contributed by atoms with Crippen LogP contribution >= 0.6 is 0 Å². The highest BCUT2D eigenvalue weighted by Gasteiger charge is 2.07. The van der Waals surface area contributed by atoms with Gasteiger partial charge in [-0.2, -0.15) is 8.42 Å². The minimum Gasteiger partial charge on any atom is -0.270 e. The molecule has 1 atom stereocenters. The molecule has 74 valence electrons. The Morgan fingerprint density at radius 1 is 1.42 bits per heavy atom. The predicted molar refractivity (Wildman–Crippen MR) is 45.2 cm³/mol. The van der Waals surface area contributed by atoms with Gasteiger partial charge in [0, 0.05) is 6.42 Å². The molecule has 0 N–H and O–H groups in total. The van der Waals surface area contributed by atoms with E-state index >= 15 is 0 Å². The third-order valence-electron chi connectivity index (χ3n) is 1.33. The van der Waals surface area contributed by atoms with E-state index in [0.717, 1.165) is 12.7 Å². The van der Waals surface area contributed by atoms with Gasteiger partial charge in [0.25, 0.3) is 10.1 Å². The molecule has 0 saturated heterocycles. The molecule has 0 aliphatic carbocycles. The molecule has 0 aromatic heterocycles. The average molecular weight is 198 g/mol. The molecule has 0 rings (SSSR count). The summed E-state index contributed by atoms with van der Waals surface area (Å²) in [6.07, 6.45) is 1.39. The maximum absolute atomic E-state index is 12.7. The van der Waals surface area contributed by atoms with Crippen molar-refractivity contribution in [2.45, 2.75) is 32.4 Å². The predicted octanol–water partition coefficient (Wildman–Crippen LogP) is 1.49. The van der Waals surface area contributed by atoms with Crippen LogP contribution in [-0.4, -0.2) is 27.5 Å². The lowest BCUT2D eigenvalue weighted by Crippen LogP contribution is -2.09. The summed E-state index contributed by atoms with van der Waals surface area (Å²) >= 11 is 0. The van der Waals surface area contributed by atoms with Gasteiger partial charge in [-0.3, -0.25) is 4.18 Å².